The first-order valence-corrected chi connectivity index (χ1v) is 9.66. The highest BCUT2D eigenvalue weighted by molar-refractivity contribution is 7.13. The van der Waals surface area contributed by atoms with Crippen molar-refractivity contribution in [3.8, 4) is 10.6 Å². The first-order chi connectivity index (χ1) is 13.8. The first kappa shape index (κ1) is 20.6. The predicted molar refractivity (Wildman–Crippen MR) is 107 cm³/mol. The Bertz CT molecular complexity index is 1030. The van der Waals surface area contributed by atoms with E-state index in [1.54, 1.807) is 5.38 Å². The fraction of sp³-hybridized carbons (Fsp3) is 0.190. The zero-order valence-corrected chi connectivity index (χ0v) is 16.6. The third kappa shape index (κ3) is 5.45. The number of carbonyl (C=O) groups is 2. The molecule has 1 N–H and O–H groups in total. The van der Waals surface area contributed by atoms with Crippen molar-refractivity contribution in [3.63, 3.8) is 0 Å². The lowest BCUT2D eigenvalue weighted by molar-refractivity contribution is -0.152. The molecule has 0 radical (unpaired) electrons. The van der Waals surface area contributed by atoms with E-state index in [0.717, 1.165) is 28.3 Å². The number of aromatic nitrogens is 1. The Morgan fingerprint density at radius 1 is 1.17 bits per heavy atom. The lowest BCUT2D eigenvalue weighted by Gasteiger charge is -2.13. The number of carbonyl (C=O) groups excluding carboxylic acids is 2. The molecule has 0 aliphatic carbocycles. The molecule has 0 saturated heterocycles. The average molecular weight is 416 g/mol. The van der Waals surface area contributed by atoms with Gasteiger partial charge in [-0.15, -0.1) is 11.3 Å². The monoisotopic (exact) mass is 416 g/mol. The minimum Gasteiger partial charge on any atom is -0.452 e. The Labute approximate surface area is 170 Å². The predicted octanol–water partition coefficient (Wildman–Crippen LogP) is 4.51. The van der Waals surface area contributed by atoms with Gasteiger partial charge in [-0.3, -0.25) is 9.59 Å². The van der Waals surface area contributed by atoms with E-state index < -0.39 is 29.6 Å². The third-order valence-corrected chi connectivity index (χ3v) is 4.98. The minimum atomic E-state index is -1.15. The van der Waals surface area contributed by atoms with E-state index in [1.165, 1.54) is 18.3 Å². The molecule has 29 heavy (non-hydrogen) atoms. The van der Waals surface area contributed by atoms with Gasteiger partial charge in [-0.2, -0.15) is 0 Å². The standard InChI is InChI=1S/C21H18F2N2O3S/c1-12-3-5-14(6-4-12)21-24-16(11-29-21)10-19(26)28-13(2)20(27)25-18-8-7-15(22)9-17(18)23/h3-9,11,13H,10H2,1-2H3,(H,25,27)/t13-/m0/s1. The highest BCUT2D eigenvalue weighted by Gasteiger charge is 2.20. The number of ether oxygens (including phenoxy) is 1. The SMILES string of the molecule is Cc1ccc(-c2nc(CC(=O)O[C@@H](C)C(=O)Nc3ccc(F)cc3F)cs2)cc1. The van der Waals surface area contributed by atoms with E-state index in [0.29, 0.717) is 11.8 Å². The Balaban J connectivity index is 1.56. The van der Waals surface area contributed by atoms with Crippen LogP contribution in [0, 0.1) is 18.6 Å². The van der Waals surface area contributed by atoms with Crippen molar-refractivity contribution >= 4 is 28.9 Å². The summed E-state index contributed by atoms with van der Waals surface area (Å²) in [6, 6.07) is 10.6. The van der Waals surface area contributed by atoms with Crippen LogP contribution in [0.5, 0.6) is 0 Å². The number of hydrogen-bond acceptors (Lipinski definition) is 5. The van der Waals surface area contributed by atoms with Gasteiger partial charge in [0.25, 0.3) is 5.91 Å². The molecule has 5 nitrogen and oxygen atoms in total. The fourth-order valence-corrected chi connectivity index (χ4v) is 3.31. The lowest BCUT2D eigenvalue weighted by atomic mass is 10.2. The van der Waals surface area contributed by atoms with Gasteiger partial charge in [-0.25, -0.2) is 13.8 Å². The maximum atomic E-state index is 13.6. The average Bonchev–Trinajstić information content (AvgIpc) is 3.12. The highest BCUT2D eigenvalue weighted by atomic mass is 32.1. The van der Waals surface area contributed by atoms with Gasteiger partial charge in [-0.1, -0.05) is 29.8 Å². The summed E-state index contributed by atoms with van der Waals surface area (Å²) < 4.78 is 31.6. The number of halogens is 2. The number of amides is 1. The summed E-state index contributed by atoms with van der Waals surface area (Å²) in [5.74, 6) is -3.02. The van der Waals surface area contributed by atoms with E-state index in [2.05, 4.69) is 10.3 Å². The van der Waals surface area contributed by atoms with Gasteiger partial charge in [0.1, 0.15) is 16.6 Å². The zero-order chi connectivity index (χ0) is 21.0. The van der Waals surface area contributed by atoms with E-state index >= 15 is 0 Å². The summed E-state index contributed by atoms with van der Waals surface area (Å²) in [7, 11) is 0. The number of nitrogens with zero attached hydrogens (tertiary/aromatic N) is 1. The van der Waals surface area contributed by atoms with Crippen molar-refractivity contribution in [1.82, 2.24) is 4.98 Å². The summed E-state index contributed by atoms with van der Waals surface area (Å²) >= 11 is 1.41. The second-order valence-electron chi connectivity index (χ2n) is 6.43. The summed E-state index contributed by atoms with van der Waals surface area (Å²) in [6.45, 7) is 3.36. The molecule has 0 aliphatic heterocycles. The highest BCUT2D eigenvalue weighted by Crippen LogP contribution is 2.24. The number of benzene rings is 2. The maximum Gasteiger partial charge on any atom is 0.312 e. The molecule has 1 atom stereocenters. The number of thiazole rings is 1. The van der Waals surface area contributed by atoms with Crippen molar-refractivity contribution in [3.05, 3.63) is 70.7 Å². The number of esters is 1. The summed E-state index contributed by atoms with van der Waals surface area (Å²) in [4.78, 5) is 28.6. The van der Waals surface area contributed by atoms with Crippen LogP contribution in [0.15, 0.2) is 47.8 Å². The second-order valence-corrected chi connectivity index (χ2v) is 7.29. The molecule has 0 spiro atoms. The van der Waals surface area contributed by atoms with Gasteiger partial charge in [0, 0.05) is 17.0 Å². The summed E-state index contributed by atoms with van der Waals surface area (Å²) in [6.07, 6.45) is -1.24. The van der Waals surface area contributed by atoms with Crippen molar-refractivity contribution in [2.75, 3.05) is 5.32 Å². The van der Waals surface area contributed by atoms with E-state index in [4.69, 9.17) is 4.74 Å². The van der Waals surface area contributed by atoms with Crippen LogP contribution >= 0.6 is 11.3 Å². The molecule has 3 rings (SSSR count). The Hall–Kier alpha value is -3.13. The number of rotatable bonds is 6. The van der Waals surface area contributed by atoms with E-state index in [1.807, 2.05) is 31.2 Å². The molecule has 150 valence electrons. The third-order valence-electron chi connectivity index (χ3n) is 4.04. The minimum absolute atomic E-state index is 0.0924. The van der Waals surface area contributed by atoms with Crippen LogP contribution in [0.3, 0.4) is 0 Å². The van der Waals surface area contributed by atoms with Crippen molar-refractivity contribution in [1.29, 1.82) is 0 Å². The number of aryl methyl sites for hydroxylation is 1. The van der Waals surface area contributed by atoms with E-state index in [-0.39, 0.29) is 12.1 Å². The number of hydrogen-bond donors (Lipinski definition) is 1. The van der Waals surface area contributed by atoms with Crippen LogP contribution in [-0.4, -0.2) is 23.0 Å². The summed E-state index contributed by atoms with van der Waals surface area (Å²) in [5.41, 5.74) is 2.44. The number of nitrogens with one attached hydrogen (secondary N) is 1. The molecule has 1 heterocycles. The van der Waals surface area contributed by atoms with Gasteiger partial charge in [-0.05, 0) is 26.0 Å². The molecule has 0 saturated carbocycles. The zero-order valence-electron chi connectivity index (χ0n) is 15.7. The van der Waals surface area contributed by atoms with Gasteiger partial charge >= 0.3 is 5.97 Å². The van der Waals surface area contributed by atoms with Crippen LogP contribution in [-0.2, 0) is 20.7 Å². The maximum absolute atomic E-state index is 13.6. The van der Waals surface area contributed by atoms with Gasteiger partial charge in [0.15, 0.2) is 6.10 Å². The van der Waals surface area contributed by atoms with E-state index in [9.17, 15) is 18.4 Å². The van der Waals surface area contributed by atoms with Crippen molar-refractivity contribution < 1.29 is 23.1 Å². The Morgan fingerprint density at radius 2 is 1.90 bits per heavy atom. The van der Waals surface area contributed by atoms with Crippen molar-refractivity contribution in [2.24, 2.45) is 0 Å². The molecule has 0 bridgehead atoms. The van der Waals surface area contributed by atoms with Gasteiger partial charge in [0.2, 0.25) is 0 Å². The topological polar surface area (TPSA) is 68.3 Å². The van der Waals surface area contributed by atoms with Gasteiger partial charge in [0.05, 0.1) is 17.8 Å². The quantitative estimate of drug-likeness (QED) is 0.601. The Morgan fingerprint density at radius 3 is 2.59 bits per heavy atom. The smallest absolute Gasteiger partial charge is 0.312 e. The Kier molecular flexibility index (Phi) is 6.33. The molecule has 3 aromatic rings. The molecule has 0 unspecified atom stereocenters. The largest absolute Gasteiger partial charge is 0.452 e. The fourth-order valence-electron chi connectivity index (χ4n) is 2.48. The molecule has 0 aliphatic rings. The molecule has 1 amide bonds. The van der Waals surface area contributed by atoms with Crippen LogP contribution in [0.2, 0.25) is 0 Å². The second kappa shape index (κ2) is 8.91. The summed E-state index contributed by atoms with van der Waals surface area (Å²) in [5, 5.41) is 4.81. The van der Waals surface area contributed by atoms with Crippen LogP contribution in [0.1, 0.15) is 18.2 Å². The molecule has 1 aromatic heterocycles. The van der Waals surface area contributed by atoms with Crippen LogP contribution < -0.4 is 5.32 Å². The number of anilines is 1. The normalized spacial score (nSPS) is 11.7. The molecule has 2 aromatic carbocycles. The first-order valence-electron chi connectivity index (χ1n) is 8.78. The van der Waals surface area contributed by atoms with Crippen LogP contribution in [0.25, 0.3) is 10.6 Å². The molecular formula is C21H18F2N2O3S. The lowest BCUT2D eigenvalue weighted by Crippen LogP contribution is -2.30. The molecule has 0 fully saturated rings. The van der Waals surface area contributed by atoms with Crippen molar-refractivity contribution in [2.45, 2.75) is 26.4 Å². The van der Waals surface area contributed by atoms with Gasteiger partial charge < -0.3 is 10.1 Å². The van der Waals surface area contributed by atoms with Crippen LogP contribution in [0.4, 0.5) is 14.5 Å². The molecular weight excluding hydrogens is 398 g/mol. The molecule has 8 heteroatoms.